The number of nitro groups is 1. The van der Waals surface area contributed by atoms with Gasteiger partial charge < -0.3 is 20.3 Å². The highest BCUT2D eigenvalue weighted by molar-refractivity contribution is 5.41. The van der Waals surface area contributed by atoms with E-state index in [9.17, 15) is 10.1 Å². The molecule has 11 heavy (non-hydrogen) atoms. The van der Waals surface area contributed by atoms with E-state index in [0.717, 1.165) is 12.3 Å². The largest absolute Gasteiger partial charge is 0.504 e. The van der Waals surface area contributed by atoms with Crippen LogP contribution in [0.5, 0.6) is 11.5 Å². The fourth-order valence-electron chi connectivity index (χ4n) is 0.576. The Balaban J connectivity index is 3.20. The third-order valence-electron chi connectivity index (χ3n) is 1.01. The molecule has 0 aliphatic heterocycles. The monoisotopic (exact) mass is 156 g/mol. The predicted octanol–water partition coefficient (Wildman–Crippen LogP) is 0.401. The van der Waals surface area contributed by atoms with Crippen molar-refractivity contribution >= 4 is 5.82 Å². The lowest BCUT2D eigenvalue weighted by molar-refractivity contribution is -0.390. The Morgan fingerprint density at radius 2 is 2.18 bits per heavy atom. The standard InChI is InChI=1S/C5H4N2O4/c8-3-1-4(9)5(6-2-3)7(10)11/h1-2,8-9H. The van der Waals surface area contributed by atoms with Gasteiger partial charge in [0.25, 0.3) is 0 Å². The topological polar surface area (TPSA) is 96.5 Å². The number of hydrogen-bond acceptors (Lipinski definition) is 5. The first-order valence-electron chi connectivity index (χ1n) is 2.63. The first-order chi connectivity index (χ1) is 5.11. The van der Waals surface area contributed by atoms with E-state index >= 15 is 0 Å². The molecule has 6 nitrogen and oxygen atoms in total. The zero-order valence-electron chi connectivity index (χ0n) is 5.26. The third kappa shape index (κ3) is 1.34. The van der Waals surface area contributed by atoms with Crippen LogP contribution in [0, 0.1) is 10.1 Å². The second-order valence-corrected chi connectivity index (χ2v) is 1.79. The van der Waals surface area contributed by atoms with Gasteiger partial charge in [0.2, 0.25) is 5.75 Å². The molecule has 0 aliphatic rings. The van der Waals surface area contributed by atoms with Crippen LogP contribution in [0.4, 0.5) is 5.82 Å². The maximum atomic E-state index is 10.0. The Bertz CT molecular complexity index is 299. The van der Waals surface area contributed by atoms with Gasteiger partial charge in [-0.2, -0.15) is 0 Å². The van der Waals surface area contributed by atoms with Crippen LogP contribution in [0.2, 0.25) is 0 Å². The predicted molar refractivity (Wildman–Crippen MR) is 34.2 cm³/mol. The maximum absolute atomic E-state index is 10.0. The first kappa shape index (κ1) is 7.26. The van der Waals surface area contributed by atoms with Crippen LogP contribution in [0.25, 0.3) is 0 Å². The minimum atomic E-state index is -0.839. The zero-order chi connectivity index (χ0) is 8.43. The van der Waals surface area contributed by atoms with Crippen molar-refractivity contribution in [3.05, 3.63) is 22.4 Å². The van der Waals surface area contributed by atoms with Gasteiger partial charge in [-0.1, -0.05) is 0 Å². The van der Waals surface area contributed by atoms with Crippen molar-refractivity contribution in [3.63, 3.8) is 0 Å². The molecular weight excluding hydrogens is 152 g/mol. The summed E-state index contributed by atoms with van der Waals surface area (Å²) in [6.07, 6.45) is 0.887. The highest BCUT2D eigenvalue weighted by Gasteiger charge is 2.14. The van der Waals surface area contributed by atoms with Gasteiger partial charge in [0.15, 0.2) is 11.9 Å². The van der Waals surface area contributed by atoms with Crippen molar-refractivity contribution in [1.82, 2.24) is 4.98 Å². The van der Waals surface area contributed by atoms with Crippen molar-refractivity contribution in [3.8, 4) is 11.5 Å². The Hall–Kier alpha value is -1.85. The van der Waals surface area contributed by atoms with E-state index in [1.165, 1.54) is 0 Å². The number of aromatic nitrogens is 1. The van der Waals surface area contributed by atoms with E-state index in [2.05, 4.69) is 4.98 Å². The third-order valence-corrected chi connectivity index (χ3v) is 1.01. The smallest absolute Gasteiger partial charge is 0.406 e. The lowest BCUT2D eigenvalue weighted by atomic mass is 10.4. The van der Waals surface area contributed by atoms with Gasteiger partial charge in [-0.15, -0.1) is 0 Å². The quantitative estimate of drug-likeness (QED) is 0.453. The number of pyridine rings is 1. The molecule has 0 bridgehead atoms. The summed E-state index contributed by atoms with van der Waals surface area (Å²) in [5.74, 6) is -1.62. The zero-order valence-corrected chi connectivity index (χ0v) is 5.26. The van der Waals surface area contributed by atoms with Crippen molar-refractivity contribution in [2.75, 3.05) is 0 Å². The van der Waals surface area contributed by atoms with Crippen LogP contribution in [0.3, 0.4) is 0 Å². The first-order valence-corrected chi connectivity index (χ1v) is 2.63. The van der Waals surface area contributed by atoms with E-state index in [4.69, 9.17) is 10.2 Å². The molecule has 0 aromatic carbocycles. The van der Waals surface area contributed by atoms with Gasteiger partial charge >= 0.3 is 5.82 Å². The minimum Gasteiger partial charge on any atom is -0.504 e. The van der Waals surface area contributed by atoms with E-state index in [1.54, 1.807) is 0 Å². The molecule has 0 aliphatic carbocycles. The number of nitrogens with zero attached hydrogens (tertiary/aromatic N) is 2. The van der Waals surface area contributed by atoms with Gasteiger partial charge in [-0.25, -0.2) is 0 Å². The summed E-state index contributed by atoms with van der Waals surface area (Å²) in [5, 5.41) is 27.5. The van der Waals surface area contributed by atoms with Crippen molar-refractivity contribution < 1.29 is 15.1 Å². The van der Waals surface area contributed by atoms with Crippen LogP contribution in [-0.2, 0) is 0 Å². The van der Waals surface area contributed by atoms with Crippen LogP contribution >= 0.6 is 0 Å². The van der Waals surface area contributed by atoms with E-state index in [1.807, 2.05) is 0 Å². The minimum absolute atomic E-state index is 0.312. The lowest BCUT2D eigenvalue weighted by Crippen LogP contribution is -1.91. The lowest BCUT2D eigenvalue weighted by Gasteiger charge is -1.93. The molecule has 1 heterocycles. The molecule has 2 N–H and O–H groups in total. The second kappa shape index (κ2) is 2.41. The normalized spacial score (nSPS) is 9.45. The summed E-state index contributed by atoms with van der Waals surface area (Å²) in [5.41, 5.74) is 0. The Morgan fingerprint density at radius 1 is 1.55 bits per heavy atom. The average molecular weight is 156 g/mol. The summed E-state index contributed by atoms with van der Waals surface area (Å²) >= 11 is 0. The Kier molecular flexibility index (Phi) is 1.59. The number of hydrogen-bond donors (Lipinski definition) is 2. The molecule has 0 spiro atoms. The summed E-state index contributed by atoms with van der Waals surface area (Å²) in [4.78, 5) is 12.4. The molecular formula is C5H4N2O4. The van der Waals surface area contributed by atoms with Gasteiger partial charge in [0.05, 0.1) is 0 Å². The highest BCUT2D eigenvalue weighted by atomic mass is 16.6. The Morgan fingerprint density at radius 3 is 2.64 bits per heavy atom. The molecule has 1 aromatic heterocycles. The Labute approximate surface area is 60.9 Å². The van der Waals surface area contributed by atoms with Crippen LogP contribution < -0.4 is 0 Å². The summed E-state index contributed by atoms with van der Waals surface area (Å²) in [6.45, 7) is 0. The molecule has 0 saturated heterocycles. The summed E-state index contributed by atoms with van der Waals surface area (Å²) < 4.78 is 0. The molecule has 0 amide bonds. The molecule has 6 heteroatoms. The number of rotatable bonds is 1. The fraction of sp³-hybridized carbons (Fsp3) is 0. The van der Waals surface area contributed by atoms with Crippen LogP contribution in [-0.4, -0.2) is 20.1 Å². The van der Waals surface area contributed by atoms with E-state index in [-0.39, 0.29) is 5.75 Å². The maximum Gasteiger partial charge on any atom is 0.406 e. The second-order valence-electron chi connectivity index (χ2n) is 1.79. The molecule has 0 saturated carbocycles. The number of aromatic hydroxyl groups is 2. The van der Waals surface area contributed by atoms with Gasteiger partial charge in [-0.3, -0.25) is 0 Å². The molecule has 0 atom stereocenters. The SMILES string of the molecule is O=[N+]([O-])c1ncc(O)cc1O. The molecule has 58 valence electrons. The summed E-state index contributed by atoms with van der Waals surface area (Å²) in [6, 6.07) is 0.852. The summed E-state index contributed by atoms with van der Waals surface area (Å²) in [7, 11) is 0. The van der Waals surface area contributed by atoms with E-state index in [0.29, 0.717) is 0 Å². The van der Waals surface area contributed by atoms with Gasteiger partial charge in [-0.05, 0) is 9.91 Å². The van der Waals surface area contributed by atoms with Gasteiger partial charge in [0, 0.05) is 6.07 Å². The molecule has 0 fully saturated rings. The van der Waals surface area contributed by atoms with Gasteiger partial charge in [0.1, 0.15) is 0 Å². The fourth-order valence-corrected chi connectivity index (χ4v) is 0.576. The van der Waals surface area contributed by atoms with Crippen molar-refractivity contribution in [2.24, 2.45) is 0 Å². The van der Waals surface area contributed by atoms with Crippen molar-refractivity contribution in [2.45, 2.75) is 0 Å². The van der Waals surface area contributed by atoms with Crippen LogP contribution in [0.1, 0.15) is 0 Å². The van der Waals surface area contributed by atoms with Crippen molar-refractivity contribution in [1.29, 1.82) is 0 Å². The molecule has 1 rings (SSSR count). The molecule has 1 aromatic rings. The highest BCUT2D eigenvalue weighted by Crippen LogP contribution is 2.25. The average Bonchev–Trinajstić information content (AvgIpc) is 1.85. The van der Waals surface area contributed by atoms with E-state index < -0.39 is 16.5 Å². The molecule has 0 radical (unpaired) electrons. The molecule has 0 unspecified atom stereocenters. The van der Waals surface area contributed by atoms with Crippen LogP contribution in [0.15, 0.2) is 12.3 Å².